The largest absolute Gasteiger partial charge is 0.313 e. The summed E-state index contributed by atoms with van der Waals surface area (Å²) >= 11 is 0. The molecule has 0 radical (unpaired) electrons. The van der Waals surface area contributed by atoms with Crippen molar-refractivity contribution in [2.24, 2.45) is 0 Å². The molecule has 1 heterocycles. The van der Waals surface area contributed by atoms with Crippen molar-refractivity contribution >= 4 is 0 Å². The van der Waals surface area contributed by atoms with E-state index in [-0.39, 0.29) is 0 Å². The highest BCUT2D eigenvalue weighted by Crippen LogP contribution is 2.15. The molecule has 90 valence electrons. The molecule has 1 rings (SSSR count). The first-order valence-electron chi connectivity index (χ1n) is 6.75. The van der Waals surface area contributed by atoms with E-state index in [1.54, 1.807) is 0 Å². The molecule has 0 aromatic carbocycles. The van der Waals surface area contributed by atoms with Crippen LogP contribution >= 0.6 is 0 Å². The van der Waals surface area contributed by atoms with Gasteiger partial charge in [0.1, 0.15) is 0 Å². The monoisotopic (exact) mass is 212 g/mol. The third-order valence-corrected chi connectivity index (χ3v) is 3.47. The van der Waals surface area contributed by atoms with E-state index >= 15 is 0 Å². The highest BCUT2D eigenvalue weighted by molar-refractivity contribution is 4.80. The van der Waals surface area contributed by atoms with Crippen molar-refractivity contribution in [1.29, 1.82) is 0 Å². The second kappa shape index (κ2) is 7.24. The summed E-state index contributed by atoms with van der Waals surface area (Å²) in [7, 11) is 0. The molecule has 2 atom stereocenters. The zero-order valence-electron chi connectivity index (χ0n) is 10.8. The van der Waals surface area contributed by atoms with Crippen LogP contribution in [0.5, 0.6) is 0 Å². The maximum atomic E-state index is 3.66. The minimum atomic E-state index is 0.748. The molecule has 0 bridgehead atoms. The Labute approximate surface area is 95.4 Å². The van der Waals surface area contributed by atoms with Crippen molar-refractivity contribution in [3.63, 3.8) is 0 Å². The maximum Gasteiger partial charge on any atom is 0.0195 e. The van der Waals surface area contributed by atoms with Gasteiger partial charge in [-0.25, -0.2) is 0 Å². The van der Waals surface area contributed by atoms with E-state index < -0.39 is 0 Å². The first kappa shape index (κ1) is 13.0. The summed E-state index contributed by atoms with van der Waals surface area (Å²) in [6.07, 6.45) is 6.65. The smallest absolute Gasteiger partial charge is 0.0195 e. The molecule has 0 aromatic rings. The fraction of sp³-hybridized carbons (Fsp3) is 1.00. The van der Waals surface area contributed by atoms with Gasteiger partial charge in [0.2, 0.25) is 0 Å². The van der Waals surface area contributed by atoms with E-state index in [9.17, 15) is 0 Å². The number of piperidine rings is 1. The Bertz CT molecular complexity index is 159. The standard InChI is InChI=1S/C13H28N2/c1-4-7-12(3)15-10-6-8-13(11-15)14-9-5-2/h12-14H,4-11H2,1-3H3. The molecule has 1 saturated heterocycles. The summed E-state index contributed by atoms with van der Waals surface area (Å²) in [6, 6.07) is 1.53. The molecule has 1 aliphatic rings. The summed E-state index contributed by atoms with van der Waals surface area (Å²) in [4.78, 5) is 2.67. The first-order chi connectivity index (χ1) is 7.27. The Morgan fingerprint density at radius 1 is 1.33 bits per heavy atom. The zero-order chi connectivity index (χ0) is 11.1. The number of nitrogens with zero attached hydrogens (tertiary/aromatic N) is 1. The van der Waals surface area contributed by atoms with E-state index in [0.717, 1.165) is 12.1 Å². The Balaban J connectivity index is 2.28. The fourth-order valence-corrected chi connectivity index (χ4v) is 2.52. The topological polar surface area (TPSA) is 15.3 Å². The Kier molecular flexibility index (Phi) is 6.26. The second-order valence-electron chi connectivity index (χ2n) is 4.93. The minimum absolute atomic E-state index is 0.748. The number of nitrogens with one attached hydrogen (secondary N) is 1. The summed E-state index contributed by atoms with van der Waals surface area (Å²) < 4.78 is 0. The van der Waals surface area contributed by atoms with Crippen molar-refractivity contribution in [3.05, 3.63) is 0 Å². The quantitative estimate of drug-likeness (QED) is 0.728. The number of likely N-dealkylation sites (tertiary alicyclic amines) is 1. The van der Waals surface area contributed by atoms with Gasteiger partial charge in [-0.15, -0.1) is 0 Å². The molecular weight excluding hydrogens is 184 g/mol. The highest BCUT2D eigenvalue weighted by Gasteiger charge is 2.22. The van der Waals surface area contributed by atoms with Crippen molar-refractivity contribution in [3.8, 4) is 0 Å². The zero-order valence-corrected chi connectivity index (χ0v) is 10.8. The van der Waals surface area contributed by atoms with E-state index in [1.807, 2.05) is 0 Å². The molecular formula is C13H28N2. The number of hydrogen-bond donors (Lipinski definition) is 1. The van der Waals surface area contributed by atoms with E-state index in [2.05, 4.69) is 31.0 Å². The molecule has 1 N–H and O–H groups in total. The third-order valence-electron chi connectivity index (χ3n) is 3.47. The van der Waals surface area contributed by atoms with Crippen LogP contribution in [-0.4, -0.2) is 36.6 Å². The Morgan fingerprint density at radius 2 is 2.13 bits per heavy atom. The van der Waals surface area contributed by atoms with Gasteiger partial charge in [0.25, 0.3) is 0 Å². The summed E-state index contributed by atoms with van der Waals surface area (Å²) in [5.74, 6) is 0. The molecule has 0 aliphatic carbocycles. The average Bonchev–Trinajstić information content (AvgIpc) is 2.27. The van der Waals surface area contributed by atoms with E-state index in [0.29, 0.717) is 0 Å². The van der Waals surface area contributed by atoms with Gasteiger partial charge in [-0.05, 0) is 45.7 Å². The van der Waals surface area contributed by atoms with Crippen LogP contribution in [0, 0.1) is 0 Å². The van der Waals surface area contributed by atoms with Crippen LogP contribution in [0.2, 0.25) is 0 Å². The summed E-state index contributed by atoms with van der Waals surface area (Å²) in [5.41, 5.74) is 0. The van der Waals surface area contributed by atoms with Crippen LogP contribution in [0.25, 0.3) is 0 Å². The normalized spacial score (nSPS) is 25.4. The molecule has 2 unspecified atom stereocenters. The van der Waals surface area contributed by atoms with Crippen LogP contribution in [0.3, 0.4) is 0 Å². The third kappa shape index (κ3) is 4.52. The number of rotatable bonds is 6. The second-order valence-corrected chi connectivity index (χ2v) is 4.93. The van der Waals surface area contributed by atoms with Gasteiger partial charge in [0.05, 0.1) is 0 Å². The van der Waals surface area contributed by atoms with Crippen molar-refractivity contribution in [2.75, 3.05) is 19.6 Å². The van der Waals surface area contributed by atoms with Crippen LogP contribution in [0.4, 0.5) is 0 Å². The lowest BCUT2D eigenvalue weighted by Gasteiger charge is -2.37. The summed E-state index contributed by atoms with van der Waals surface area (Å²) in [6.45, 7) is 10.7. The predicted octanol–water partition coefficient (Wildman–Crippen LogP) is 2.64. The molecule has 15 heavy (non-hydrogen) atoms. The molecule has 0 spiro atoms. The van der Waals surface area contributed by atoms with Gasteiger partial charge in [-0.2, -0.15) is 0 Å². The Hall–Kier alpha value is -0.0800. The van der Waals surface area contributed by atoms with Gasteiger partial charge in [-0.1, -0.05) is 20.3 Å². The van der Waals surface area contributed by atoms with Crippen molar-refractivity contribution < 1.29 is 0 Å². The molecule has 1 aliphatic heterocycles. The maximum absolute atomic E-state index is 3.66. The lowest BCUT2D eigenvalue weighted by molar-refractivity contribution is 0.139. The van der Waals surface area contributed by atoms with Gasteiger partial charge in [0.15, 0.2) is 0 Å². The van der Waals surface area contributed by atoms with Crippen molar-refractivity contribution in [1.82, 2.24) is 10.2 Å². The van der Waals surface area contributed by atoms with Crippen LogP contribution in [0.15, 0.2) is 0 Å². The lowest BCUT2D eigenvalue weighted by atomic mass is 10.0. The minimum Gasteiger partial charge on any atom is -0.313 e. The predicted molar refractivity (Wildman–Crippen MR) is 67.3 cm³/mol. The average molecular weight is 212 g/mol. The lowest BCUT2D eigenvalue weighted by Crippen LogP contribution is -2.48. The molecule has 1 fully saturated rings. The molecule has 2 heteroatoms. The molecule has 0 saturated carbocycles. The summed E-state index contributed by atoms with van der Waals surface area (Å²) in [5, 5.41) is 3.66. The SMILES string of the molecule is CCCNC1CCCN(C(C)CCC)C1. The molecule has 0 amide bonds. The highest BCUT2D eigenvalue weighted by atomic mass is 15.2. The van der Waals surface area contributed by atoms with Crippen LogP contribution < -0.4 is 5.32 Å². The first-order valence-corrected chi connectivity index (χ1v) is 6.75. The van der Waals surface area contributed by atoms with Crippen LogP contribution in [-0.2, 0) is 0 Å². The Morgan fingerprint density at radius 3 is 2.80 bits per heavy atom. The van der Waals surface area contributed by atoms with Crippen LogP contribution in [0.1, 0.15) is 52.9 Å². The van der Waals surface area contributed by atoms with E-state index in [4.69, 9.17) is 0 Å². The van der Waals surface area contributed by atoms with Crippen molar-refractivity contribution in [2.45, 2.75) is 65.0 Å². The number of hydrogen-bond acceptors (Lipinski definition) is 2. The van der Waals surface area contributed by atoms with Gasteiger partial charge in [-0.3, -0.25) is 4.90 Å². The van der Waals surface area contributed by atoms with E-state index in [1.165, 1.54) is 51.7 Å². The molecule has 0 aromatic heterocycles. The van der Waals surface area contributed by atoms with Gasteiger partial charge in [0, 0.05) is 18.6 Å². The van der Waals surface area contributed by atoms with Gasteiger partial charge < -0.3 is 5.32 Å². The fourth-order valence-electron chi connectivity index (χ4n) is 2.52. The van der Waals surface area contributed by atoms with Gasteiger partial charge >= 0.3 is 0 Å². The molecule has 2 nitrogen and oxygen atoms in total.